The molecule has 1 aliphatic carbocycles. The van der Waals surface area contributed by atoms with Gasteiger partial charge >= 0.3 is 0 Å². The summed E-state index contributed by atoms with van der Waals surface area (Å²) in [6, 6.07) is 16.0. The van der Waals surface area contributed by atoms with Crippen molar-refractivity contribution in [1.29, 1.82) is 0 Å². The third-order valence-electron chi connectivity index (χ3n) is 6.06. The van der Waals surface area contributed by atoms with Crippen molar-refractivity contribution in [3.05, 3.63) is 69.4 Å². The average Bonchev–Trinajstić information content (AvgIpc) is 3.02. The van der Waals surface area contributed by atoms with Gasteiger partial charge in [-0.2, -0.15) is 0 Å². The minimum atomic E-state index is 0.508. The van der Waals surface area contributed by atoms with Crippen LogP contribution in [0.15, 0.2) is 58.9 Å². The highest BCUT2D eigenvalue weighted by Crippen LogP contribution is 2.24. The van der Waals surface area contributed by atoms with Crippen molar-refractivity contribution in [2.45, 2.75) is 70.9 Å². The SMILES string of the molecule is CCCn1c(CCNc2ccc(Oc3ccc(Cl)cc3)cc2)csc1=NC1CCCCCC1. The molecule has 1 heterocycles. The molecular formula is C27H34ClN3OS. The first kappa shape index (κ1) is 23.9. The first-order valence-electron chi connectivity index (χ1n) is 12.2. The molecule has 4 nitrogen and oxygen atoms in total. The summed E-state index contributed by atoms with van der Waals surface area (Å²) in [6.45, 7) is 4.18. The normalized spacial score (nSPS) is 15.4. The molecule has 1 aromatic heterocycles. The van der Waals surface area contributed by atoms with Gasteiger partial charge in [-0.3, -0.25) is 4.99 Å². The molecule has 0 unspecified atom stereocenters. The molecular weight excluding hydrogens is 450 g/mol. The second-order valence-electron chi connectivity index (χ2n) is 8.69. The second kappa shape index (κ2) is 12.3. The van der Waals surface area contributed by atoms with Crippen LogP contribution in [0.25, 0.3) is 0 Å². The number of hydrogen-bond donors (Lipinski definition) is 1. The van der Waals surface area contributed by atoms with Crippen LogP contribution in [0.4, 0.5) is 5.69 Å². The van der Waals surface area contributed by atoms with E-state index in [1.807, 2.05) is 47.7 Å². The molecule has 176 valence electrons. The summed E-state index contributed by atoms with van der Waals surface area (Å²) in [5, 5.41) is 6.56. The molecule has 1 N–H and O–H groups in total. The van der Waals surface area contributed by atoms with E-state index in [1.54, 1.807) is 0 Å². The summed E-state index contributed by atoms with van der Waals surface area (Å²) < 4.78 is 8.32. The van der Waals surface area contributed by atoms with Crippen molar-refractivity contribution in [3.8, 4) is 11.5 Å². The van der Waals surface area contributed by atoms with Crippen LogP contribution in [0.3, 0.4) is 0 Å². The zero-order valence-electron chi connectivity index (χ0n) is 19.4. The molecule has 0 aliphatic heterocycles. The minimum absolute atomic E-state index is 0.508. The van der Waals surface area contributed by atoms with Gasteiger partial charge in [0.1, 0.15) is 11.5 Å². The number of ether oxygens (including phenoxy) is 1. The fourth-order valence-corrected chi connectivity index (χ4v) is 5.44. The van der Waals surface area contributed by atoms with Gasteiger partial charge in [-0.25, -0.2) is 0 Å². The van der Waals surface area contributed by atoms with E-state index in [2.05, 4.69) is 34.3 Å². The number of aromatic nitrogens is 1. The van der Waals surface area contributed by atoms with Crippen LogP contribution in [-0.4, -0.2) is 17.2 Å². The summed E-state index contributed by atoms with van der Waals surface area (Å²) in [6.07, 6.45) is 10.0. The lowest BCUT2D eigenvalue weighted by Gasteiger charge is -2.12. The Balaban J connectivity index is 1.34. The Labute approximate surface area is 206 Å². The monoisotopic (exact) mass is 483 g/mol. The summed E-state index contributed by atoms with van der Waals surface area (Å²) >= 11 is 7.75. The molecule has 1 aliphatic rings. The first-order chi connectivity index (χ1) is 16.2. The third-order valence-corrected chi connectivity index (χ3v) is 7.24. The average molecular weight is 484 g/mol. The summed E-state index contributed by atoms with van der Waals surface area (Å²) in [5.41, 5.74) is 2.48. The van der Waals surface area contributed by atoms with Gasteiger partial charge in [-0.05, 0) is 67.8 Å². The van der Waals surface area contributed by atoms with Crippen molar-refractivity contribution in [2.24, 2.45) is 4.99 Å². The summed E-state index contributed by atoms with van der Waals surface area (Å²) in [5.74, 6) is 1.59. The van der Waals surface area contributed by atoms with Crippen LogP contribution < -0.4 is 14.9 Å². The lowest BCUT2D eigenvalue weighted by atomic mass is 10.1. The Hall–Kier alpha value is -2.24. The Morgan fingerprint density at radius 1 is 1.00 bits per heavy atom. The van der Waals surface area contributed by atoms with Crippen LogP contribution in [0.5, 0.6) is 11.5 Å². The molecule has 0 atom stereocenters. The number of rotatable bonds is 9. The Morgan fingerprint density at radius 2 is 1.67 bits per heavy atom. The highest BCUT2D eigenvalue weighted by molar-refractivity contribution is 7.07. The van der Waals surface area contributed by atoms with Gasteiger partial charge < -0.3 is 14.6 Å². The van der Waals surface area contributed by atoms with Crippen molar-refractivity contribution in [2.75, 3.05) is 11.9 Å². The smallest absolute Gasteiger partial charge is 0.185 e. The van der Waals surface area contributed by atoms with E-state index in [9.17, 15) is 0 Å². The molecule has 0 radical (unpaired) electrons. The van der Waals surface area contributed by atoms with Gasteiger partial charge in [0.05, 0.1) is 6.04 Å². The molecule has 6 heteroatoms. The lowest BCUT2D eigenvalue weighted by Crippen LogP contribution is -2.21. The number of halogens is 1. The molecule has 1 saturated carbocycles. The highest BCUT2D eigenvalue weighted by atomic mass is 35.5. The van der Waals surface area contributed by atoms with E-state index >= 15 is 0 Å². The molecule has 2 aromatic carbocycles. The maximum Gasteiger partial charge on any atom is 0.185 e. The van der Waals surface area contributed by atoms with Crippen LogP contribution in [0.1, 0.15) is 57.6 Å². The van der Waals surface area contributed by atoms with Crippen molar-refractivity contribution >= 4 is 28.6 Å². The first-order valence-corrected chi connectivity index (χ1v) is 13.5. The standard InChI is InChI=1S/C27H34ClN3OS/c1-2-19-31-24(20-33-27(31)30-23-7-5-3-4-6-8-23)17-18-29-22-11-15-26(16-12-22)32-25-13-9-21(28)10-14-25/h9-16,20,23,29H,2-8,17-19H2,1H3. The topological polar surface area (TPSA) is 38.5 Å². The molecule has 0 amide bonds. The van der Waals surface area contributed by atoms with E-state index in [0.717, 1.165) is 43.1 Å². The van der Waals surface area contributed by atoms with Crippen molar-refractivity contribution in [3.63, 3.8) is 0 Å². The van der Waals surface area contributed by atoms with E-state index in [-0.39, 0.29) is 0 Å². The number of thiazole rings is 1. The van der Waals surface area contributed by atoms with Gasteiger partial charge in [0.15, 0.2) is 4.80 Å². The molecule has 3 aromatic rings. The van der Waals surface area contributed by atoms with Crippen molar-refractivity contribution in [1.82, 2.24) is 4.57 Å². The Bertz CT molecular complexity index is 1050. The largest absolute Gasteiger partial charge is 0.457 e. The van der Waals surface area contributed by atoms with Crippen LogP contribution in [-0.2, 0) is 13.0 Å². The van der Waals surface area contributed by atoms with Crippen LogP contribution >= 0.6 is 22.9 Å². The number of hydrogen-bond acceptors (Lipinski definition) is 4. The minimum Gasteiger partial charge on any atom is -0.457 e. The number of anilines is 1. The quantitative estimate of drug-likeness (QED) is 0.317. The molecule has 1 fully saturated rings. The summed E-state index contributed by atoms with van der Waals surface area (Å²) in [4.78, 5) is 6.38. The highest BCUT2D eigenvalue weighted by Gasteiger charge is 2.12. The molecule has 0 bridgehead atoms. The Morgan fingerprint density at radius 3 is 2.33 bits per heavy atom. The van der Waals surface area contributed by atoms with Gasteiger partial charge in [0.25, 0.3) is 0 Å². The second-order valence-corrected chi connectivity index (χ2v) is 9.97. The lowest BCUT2D eigenvalue weighted by molar-refractivity contribution is 0.483. The van der Waals surface area contributed by atoms with Crippen LogP contribution in [0, 0.1) is 0 Å². The van der Waals surface area contributed by atoms with E-state index in [4.69, 9.17) is 21.3 Å². The zero-order valence-corrected chi connectivity index (χ0v) is 21.0. The maximum atomic E-state index is 5.94. The molecule has 4 rings (SSSR count). The number of nitrogens with one attached hydrogen (secondary N) is 1. The predicted molar refractivity (Wildman–Crippen MR) is 140 cm³/mol. The number of benzene rings is 2. The van der Waals surface area contributed by atoms with E-state index < -0.39 is 0 Å². The van der Waals surface area contributed by atoms with Crippen LogP contribution in [0.2, 0.25) is 5.02 Å². The fourth-order valence-electron chi connectivity index (χ4n) is 4.29. The maximum absolute atomic E-state index is 5.94. The van der Waals surface area contributed by atoms with Gasteiger partial charge in [0.2, 0.25) is 0 Å². The summed E-state index contributed by atoms with van der Waals surface area (Å²) in [7, 11) is 0. The third kappa shape index (κ3) is 7.12. The van der Waals surface area contributed by atoms with Gasteiger partial charge in [-0.15, -0.1) is 11.3 Å². The Kier molecular flexibility index (Phi) is 8.90. The zero-order chi connectivity index (χ0) is 22.9. The fraction of sp³-hybridized carbons (Fsp3) is 0.444. The number of nitrogens with zero attached hydrogens (tertiary/aromatic N) is 2. The van der Waals surface area contributed by atoms with E-state index in [0.29, 0.717) is 11.1 Å². The van der Waals surface area contributed by atoms with Gasteiger partial charge in [0, 0.05) is 41.3 Å². The van der Waals surface area contributed by atoms with E-state index in [1.165, 1.54) is 49.0 Å². The van der Waals surface area contributed by atoms with Crippen molar-refractivity contribution < 1.29 is 4.74 Å². The van der Waals surface area contributed by atoms with Gasteiger partial charge in [-0.1, -0.05) is 44.2 Å². The molecule has 33 heavy (non-hydrogen) atoms. The molecule has 0 spiro atoms. The molecule has 0 saturated heterocycles. The predicted octanol–water partition coefficient (Wildman–Crippen LogP) is 7.68.